The highest BCUT2D eigenvalue weighted by Gasteiger charge is 2.51. The fraction of sp³-hybridized carbons (Fsp3) is 0.538. The van der Waals surface area contributed by atoms with Crippen molar-refractivity contribution in [3.63, 3.8) is 0 Å². The fourth-order valence-electron chi connectivity index (χ4n) is 2.11. The highest BCUT2D eigenvalue weighted by Crippen LogP contribution is 2.36. The van der Waals surface area contributed by atoms with Crippen molar-refractivity contribution in [1.82, 2.24) is 4.98 Å². The first-order chi connectivity index (χ1) is 8.39. The summed E-state index contributed by atoms with van der Waals surface area (Å²) in [6.45, 7) is 8.88. The third-order valence-corrected chi connectivity index (χ3v) is 4.02. The van der Waals surface area contributed by atoms with Gasteiger partial charge in [0.2, 0.25) is 0 Å². The molecule has 5 heteroatoms. The number of fused-ring (bicyclic) bond motifs is 1. The second-order valence-corrected chi connectivity index (χ2v) is 5.86. The number of rotatable bonds is 1. The van der Waals surface area contributed by atoms with E-state index < -0.39 is 0 Å². The van der Waals surface area contributed by atoms with Crippen LogP contribution < -0.4 is 5.46 Å². The zero-order chi connectivity index (χ0) is 13.0. The van der Waals surface area contributed by atoms with E-state index in [2.05, 4.69) is 43.7 Å². The monoisotopic (exact) mass is 244 g/mol. The largest absolute Gasteiger partial charge is 0.496 e. The van der Waals surface area contributed by atoms with E-state index in [0.29, 0.717) is 6.54 Å². The van der Waals surface area contributed by atoms with E-state index in [1.165, 1.54) is 0 Å². The lowest BCUT2D eigenvalue weighted by Crippen LogP contribution is -2.41. The molecule has 0 bridgehead atoms. The van der Waals surface area contributed by atoms with Crippen LogP contribution in [0.2, 0.25) is 0 Å². The minimum atomic E-state index is -0.346. The van der Waals surface area contributed by atoms with Gasteiger partial charge < -0.3 is 9.31 Å². The topological polar surface area (TPSA) is 43.7 Å². The molecule has 0 atom stereocenters. The standard InChI is InChI=1S/C13H17BN2O2/c1-12(2)13(3,4)18-14(17-12)10-5-9-6-15-8-11(9)16-7-10/h5-7H,8H2,1-4H3. The first-order valence-electron chi connectivity index (χ1n) is 6.23. The molecule has 0 spiro atoms. The van der Waals surface area contributed by atoms with Crippen molar-refractivity contribution in [3.8, 4) is 0 Å². The molecule has 1 aromatic rings. The van der Waals surface area contributed by atoms with Crippen molar-refractivity contribution in [2.45, 2.75) is 45.4 Å². The molecule has 0 aromatic carbocycles. The molecular formula is C13H17BN2O2. The zero-order valence-electron chi connectivity index (χ0n) is 11.2. The first-order valence-corrected chi connectivity index (χ1v) is 6.23. The molecule has 4 nitrogen and oxygen atoms in total. The van der Waals surface area contributed by atoms with Gasteiger partial charge in [0.05, 0.1) is 23.4 Å². The van der Waals surface area contributed by atoms with E-state index >= 15 is 0 Å². The van der Waals surface area contributed by atoms with Gasteiger partial charge in [-0.1, -0.05) is 6.07 Å². The lowest BCUT2D eigenvalue weighted by Gasteiger charge is -2.32. The molecule has 0 radical (unpaired) electrons. The minimum Gasteiger partial charge on any atom is -0.399 e. The summed E-state index contributed by atoms with van der Waals surface area (Å²) in [5, 5.41) is 0. The van der Waals surface area contributed by atoms with Crippen LogP contribution in [0, 0.1) is 0 Å². The second kappa shape index (κ2) is 3.65. The molecule has 2 aliphatic heterocycles. The predicted octanol–water partition coefficient (Wildman–Crippen LogP) is 1.31. The van der Waals surface area contributed by atoms with Crippen molar-refractivity contribution in [3.05, 3.63) is 23.5 Å². The van der Waals surface area contributed by atoms with Crippen molar-refractivity contribution < 1.29 is 9.31 Å². The van der Waals surface area contributed by atoms with Crippen LogP contribution in [-0.2, 0) is 15.9 Å². The Bertz CT molecular complexity index is 510. The quantitative estimate of drug-likeness (QED) is 0.699. The summed E-state index contributed by atoms with van der Waals surface area (Å²) in [6, 6.07) is 2.06. The van der Waals surface area contributed by atoms with Gasteiger partial charge in [0.25, 0.3) is 0 Å². The molecule has 0 amide bonds. The third kappa shape index (κ3) is 1.69. The van der Waals surface area contributed by atoms with Crippen LogP contribution in [0.4, 0.5) is 0 Å². The second-order valence-electron chi connectivity index (χ2n) is 5.86. The van der Waals surface area contributed by atoms with Gasteiger partial charge in [-0.05, 0) is 27.7 Å². The van der Waals surface area contributed by atoms with Crippen LogP contribution in [0.1, 0.15) is 39.0 Å². The number of hydrogen-bond donors (Lipinski definition) is 0. The summed E-state index contributed by atoms with van der Waals surface area (Å²) >= 11 is 0. The minimum absolute atomic E-state index is 0.315. The number of aliphatic imine (C=N–C) groups is 1. The van der Waals surface area contributed by atoms with E-state index in [1.54, 1.807) is 0 Å². The van der Waals surface area contributed by atoms with Crippen LogP contribution in [0.3, 0.4) is 0 Å². The predicted molar refractivity (Wildman–Crippen MR) is 71.3 cm³/mol. The Kier molecular flexibility index (Phi) is 2.41. The summed E-state index contributed by atoms with van der Waals surface area (Å²) in [5.41, 5.74) is 2.42. The Labute approximate surface area is 108 Å². The van der Waals surface area contributed by atoms with Gasteiger partial charge in [-0.3, -0.25) is 9.98 Å². The van der Waals surface area contributed by atoms with Gasteiger partial charge in [0.15, 0.2) is 0 Å². The lowest BCUT2D eigenvalue weighted by atomic mass is 9.79. The van der Waals surface area contributed by atoms with E-state index in [1.807, 2.05) is 12.4 Å². The van der Waals surface area contributed by atoms with E-state index in [9.17, 15) is 0 Å². The molecule has 0 unspecified atom stereocenters. The molecule has 1 fully saturated rings. The van der Waals surface area contributed by atoms with Gasteiger partial charge in [0.1, 0.15) is 0 Å². The van der Waals surface area contributed by atoms with Gasteiger partial charge in [0, 0.05) is 23.4 Å². The Morgan fingerprint density at radius 1 is 1.17 bits per heavy atom. The van der Waals surface area contributed by atoms with Crippen LogP contribution in [0.15, 0.2) is 17.3 Å². The van der Waals surface area contributed by atoms with Crippen molar-refractivity contribution in [2.75, 3.05) is 0 Å². The maximum absolute atomic E-state index is 6.00. The van der Waals surface area contributed by atoms with Gasteiger partial charge in [-0.25, -0.2) is 0 Å². The van der Waals surface area contributed by atoms with E-state index in [-0.39, 0.29) is 18.3 Å². The molecule has 0 saturated carbocycles. The Morgan fingerprint density at radius 2 is 1.83 bits per heavy atom. The summed E-state index contributed by atoms with van der Waals surface area (Å²) in [4.78, 5) is 8.62. The average Bonchev–Trinajstić information content (AvgIpc) is 2.80. The maximum atomic E-state index is 6.00. The van der Waals surface area contributed by atoms with E-state index in [0.717, 1.165) is 16.7 Å². The van der Waals surface area contributed by atoms with Crippen molar-refractivity contribution in [1.29, 1.82) is 0 Å². The normalized spacial score (nSPS) is 23.4. The van der Waals surface area contributed by atoms with Gasteiger partial charge in [-0.2, -0.15) is 0 Å². The summed E-state index contributed by atoms with van der Waals surface area (Å²) < 4.78 is 12.0. The Balaban J connectivity index is 1.91. The maximum Gasteiger partial charge on any atom is 0.496 e. The lowest BCUT2D eigenvalue weighted by molar-refractivity contribution is 0.00578. The average molecular weight is 244 g/mol. The first kappa shape index (κ1) is 11.9. The Hall–Kier alpha value is -1.20. The molecule has 0 aliphatic carbocycles. The highest BCUT2D eigenvalue weighted by molar-refractivity contribution is 6.62. The molecule has 3 heterocycles. The molecule has 94 valence electrons. The van der Waals surface area contributed by atoms with E-state index in [4.69, 9.17) is 9.31 Å². The van der Waals surface area contributed by atoms with Crippen molar-refractivity contribution >= 4 is 18.8 Å². The third-order valence-electron chi connectivity index (χ3n) is 4.02. The fourth-order valence-corrected chi connectivity index (χ4v) is 2.11. The van der Waals surface area contributed by atoms with Gasteiger partial charge in [-0.15, -0.1) is 0 Å². The molecular weight excluding hydrogens is 227 g/mol. The molecule has 1 saturated heterocycles. The number of pyridine rings is 1. The molecule has 1 aromatic heterocycles. The molecule has 0 N–H and O–H groups in total. The number of nitrogens with zero attached hydrogens (tertiary/aromatic N) is 2. The van der Waals surface area contributed by atoms with Crippen LogP contribution in [0.25, 0.3) is 0 Å². The molecule has 3 rings (SSSR count). The molecule has 2 aliphatic rings. The van der Waals surface area contributed by atoms with Gasteiger partial charge >= 0.3 is 7.12 Å². The SMILES string of the molecule is CC1(C)OB(c2cnc3c(c2)C=NC3)OC1(C)C. The smallest absolute Gasteiger partial charge is 0.399 e. The zero-order valence-corrected chi connectivity index (χ0v) is 11.2. The van der Waals surface area contributed by atoms with Crippen LogP contribution in [-0.4, -0.2) is 29.5 Å². The molecule has 18 heavy (non-hydrogen) atoms. The highest BCUT2D eigenvalue weighted by atomic mass is 16.7. The van der Waals surface area contributed by atoms with Crippen molar-refractivity contribution in [2.24, 2.45) is 4.99 Å². The summed E-state index contributed by atoms with van der Waals surface area (Å²) in [6.07, 6.45) is 3.69. The summed E-state index contributed by atoms with van der Waals surface area (Å²) in [7, 11) is -0.346. The van der Waals surface area contributed by atoms with Crippen LogP contribution in [0.5, 0.6) is 0 Å². The Morgan fingerprint density at radius 3 is 2.50 bits per heavy atom. The number of hydrogen-bond acceptors (Lipinski definition) is 4. The van der Waals surface area contributed by atoms with Crippen LogP contribution >= 0.6 is 0 Å². The summed E-state index contributed by atoms with van der Waals surface area (Å²) in [5.74, 6) is 0. The number of aromatic nitrogens is 1.